The smallest absolute Gasteiger partial charge is 0.254 e. The summed E-state index contributed by atoms with van der Waals surface area (Å²) in [7, 11) is 0. The van der Waals surface area contributed by atoms with Crippen molar-refractivity contribution in [2.75, 3.05) is 0 Å². The molecule has 0 unspecified atom stereocenters. The van der Waals surface area contributed by atoms with Crippen LogP contribution in [-0.2, 0) is 6.54 Å². The van der Waals surface area contributed by atoms with E-state index in [4.69, 9.17) is 50.8 Å². The van der Waals surface area contributed by atoms with Crippen LogP contribution in [0.15, 0.2) is 47.1 Å². The Bertz CT molecular complexity index is 626. The predicted octanol–water partition coefficient (Wildman–Crippen LogP) is 4.15. The number of hydrogen-bond acceptors (Lipinski definition) is 3. The van der Waals surface area contributed by atoms with E-state index in [-0.39, 0.29) is 6.54 Å². The highest BCUT2D eigenvalue weighted by atomic mass is 35.6. The summed E-state index contributed by atoms with van der Waals surface area (Å²) in [5, 5.41) is 5.84. The van der Waals surface area contributed by atoms with Crippen LogP contribution >= 0.6 is 46.4 Å². The number of rotatable bonds is 5. The van der Waals surface area contributed by atoms with Crippen LogP contribution in [0.5, 0.6) is 0 Å². The molecule has 1 heterocycles. The minimum Gasteiger partial charge on any atom is -0.468 e. The summed E-state index contributed by atoms with van der Waals surface area (Å²) in [4.78, 5) is 12.2. The number of nitrogens with one attached hydrogen (secondary N) is 2. The molecule has 0 aliphatic heterocycles. The average molecular weight is 382 g/mol. The van der Waals surface area contributed by atoms with E-state index < -0.39 is 15.9 Å². The van der Waals surface area contributed by atoms with E-state index in [1.54, 1.807) is 36.4 Å². The van der Waals surface area contributed by atoms with Crippen molar-refractivity contribution in [3.8, 4) is 0 Å². The number of benzene rings is 1. The Hall–Kier alpha value is -0.910. The van der Waals surface area contributed by atoms with Crippen molar-refractivity contribution in [1.29, 1.82) is 0 Å². The normalized spacial score (nSPS) is 12.9. The van der Waals surface area contributed by atoms with Gasteiger partial charge >= 0.3 is 0 Å². The Labute approximate surface area is 147 Å². The monoisotopic (exact) mass is 380 g/mol. The Morgan fingerprint density at radius 1 is 1.18 bits per heavy atom. The minimum absolute atomic E-state index is 0.286. The highest BCUT2D eigenvalue weighted by Gasteiger charge is 2.34. The van der Waals surface area contributed by atoms with Gasteiger partial charge < -0.3 is 9.73 Å². The zero-order chi connectivity index (χ0) is 16.2. The van der Waals surface area contributed by atoms with Crippen molar-refractivity contribution in [3.63, 3.8) is 0 Å². The lowest BCUT2D eigenvalue weighted by Crippen LogP contribution is -2.53. The second-order valence-corrected chi connectivity index (χ2v) is 7.16. The number of alkyl halides is 3. The first-order valence-corrected chi connectivity index (χ1v) is 7.77. The Morgan fingerprint density at radius 2 is 1.91 bits per heavy atom. The van der Waals surface area contributed by atoms with E-state index in [1.807, 2.05) is 0 Å². The molecule has 0 spiro atoms. The van der Waals surface area contributed by atoms with E-state index in [1.165, 1.54) is 6.26 Å². The van der Waals surface area contributed by atoms with Gasteiger partial charge in [-0.05, 0) is 24.3 Å². The molecule has 0 radical (unpaired) electrons. The van der Waals surface area contributed by atoms with Crippen LogP contribution in [-0.4, -0.2) is 15.9 Å². The average Bonchev–Trinajstić information content (AvgIpc) is 2.95. The summed E-state index contributed by atoms with van der Waals surface area (Å²) >= 11 is 23.7. The molecule has 0 fully saturated rings. The fourth-order valence-electron chi connectivity index (χ4n) is 1.72. The van der Waals surface area contributed by atoms with E-state index in [9.17, 15) is 4.79 Å². The summed E-state index contributed by atoms with van der Waals surface area (Å²) in [6.07, 6.45) is 0.607. The van der Waals surface area contributed by atoms with Gasteiger partial charge in [-0.1, -0.05) is 58.5 Å². The molecule has 4 nitrogen and oxygen atoms in total. The van der Waals surface area contributed by atoms with Gasteiger partial charge in [0.15, 0.2) is 0 Å². The molecule has 22 heavy (non-hydrogen) atoms. The molecule has 1 aromatic carbocycles. The molecule has 1 amide bonds. The van der Waals surface area contributed by atoms with Crippen molar-refractivity contribution < 1.29 is 9.21 Å². The number of amides is 1. The molecule has 1 atom stereocenters. The fraction of sp³-hybridized carbons (Fsp3) is 0.214. The Morgan fingerprint density at radius 3 is 2.50 bits per heavy atom. The zero-order valence-corrected chi connectivity index (χ0v) is 14.2. The van der Waals surface area contributed by atoms with Gasteiger partial charge in [-0.3, -0.25) is 10.1 Å². The molecule has 118 valence electrons. The van der Waals surface area contributed by atoms with Crippen LogP contribution in [0.3, 0.4) is 0 Å². The van der Waals surface area contributed by atoms with Crippen molar-refractivity contribution in [2.24, 2.45) is 0 Å². The largest absolute Gasteiger partial charge is 0.468 e. The lowest BCUT2D eigenvalue weighted by molar-refractivity contribution is 0.0928. The second-order valence-electron chi connectivity index (χ2n) is 4.39. The molecular weight excluding hydrogens is 370 g/mol. The van der Waals surface area contributed by atoms with E-state index in [0.717, 1.165) is 0 Å². The van der Waals surface area contributed by atoms with Gasteiger partial charge in [0.05, 0.1) is 23.4 Å². The molecule has 0 aliphatic rings. The number of halogens is 4. The van der Waals surface area contributed by atoms with E-state index in [2.05, 4.69) is 10.6 Å². The topological polar surface area (TPSA) is 54.3 Å². The van der Waals surface area contributed by atoms with Crippen LogP contribution in [0.25, 0.3) is 0 Å². The highest BCUT2D eigenvalue weighted by Crippen LogP contribution is 2.29. The fourth-order valence-corrected chi connectivity index (χ4v) is 2.34. The summed E-state index contributed by atoms with van der Waals surface area (Å²) < 4.78 is 3.43. The van der Waals surface area contributed by atoms with Crippen molar-refractivity contribution >= 4 is 52.3 Å². The third-order valence-corrected chi connectivity index (χ3v) is 3.77. The molecule has 0 saturated carbocycles. The van der Waals surface area contributed by atoms with Gasteiger partial charge in [0.1, 0.15) is 11.9 Å². The first-order chi connectivity index (χ1) is 10.4. The second kappa shape index (κ2) is 7.57. The van der Waals surface area contributed by atoms with Crippen LogP contribution in [0.1, 0.15) is 16.1 Å². The van der Waals surface area contributed by atoms with Crippen LogP contribution in [0.2, 0.25) is 5.02 Å². The predicted molar refractivity (Wildman–Crippen MR) is 88.5 cm³/mol. The summed E-state index contributed by atoms with van der Waals surface area (Å²) in [6.45, 7) is 0.286. The molecule has 2 aromatic rings. The van der Waals surface area contributed by atoms with Gasteiger partial charge in [0.2, 0.25) is 3.79 Å². The number of carbonyl (C=O) groups is 1. The maximum atomic E-state index is 12.2. The third-order valence-electron chi connectivity index (χ3n) is 2.78. The minimum atomic E-state index is -1.75. The SMILES string of the molecule is O=C(N[C@@H](NCc1ccco1)C(Cl)(Cl)Cl)c1ccccc1Cl. The maximum absolute atomic E-state index is 12.2. The van der Waals surface area contributed by atoms with Crippen molar-refractivity contribution in [1.82, 2.24) is 10.6 Å². The summed E-state index contributed by atoms with van der Waals surface area (Å²) in [5.41, 5.74) is 0.295. The summed E-state index contributed by atoms with van der Waals surface area (Å²) in [6, 6.07) is 10.1. The number of furan rings is 1. The van der Waals surface area contributed by atoms with Crippen LogP contribution in [0.4, 0.5) is 0 Å². The zero-order valence-electron chi connectivity index (χ0n) is 11.2. The van der Waals surface area contributed by atoms with Gasteiger partial charge in [0.25, 0.3) is 5.91 Å². The molecule has 2 rings (SSSR count). The van der Waals surface area contributed by atoms with Crippen LogP contribution < -0.4 is 10.6 Å². The maximum Gasteiger partial charge on any atom is 0.254 e. The lowest BCUT2D eigenvalue weighted by atomic mass is 10.2. The lowest BCUT2D eigenvalue weighted by Gasteiger charge is -2.26. The Kier molecular flexibility index (Phi) is 6.01. The first-order valence-electron chi connectivity index (χ1n) is 6.26. The van der Waals surface area contributed by atoms with Gasteiger partial charge in [0, 0.05) is 0 Å². The van der Waals surface area contributed by atoms with Crippen LogP contribution in [0, 0.1) is 0 Å². The third kappa shape index (κ3) is 4.80. The van der Waals surface area contributed by atoms with E-state index in [0.29, 0.717) is 16.3 Å². The van der Waals surface area contributed by atoms with E-state index >= 15 is 0 Å². The molecule has 8 heteroatoms. The number of carbonyl (C=O) groups excluding carboxylic acids is 1. The quantitative estimate of drug-likeness (QED) is 0.604. The summed E-state index contributed by atoms with van der Waals surface area (Å²) in [5.74, 6) is 0.195. The molecular formula is C14H12Cl4N2O2. The van der Waals surface area contributed by atoms with Gasteiger partial charge in [-0.2, -0.15) is 0 Å². The first kappa shape index (κ1) is 17.4. The Balaban J connectivity index is 2.06. The van der Waals surface area contributed by atoms with Gasteiger partial charge in [-0.25, -0.2) is 0 Å². The van der Waals surface area contributed by atoms with Crippen molar-refractivity contribution in [3.05, 3.63) is 59.0 Å². The molecule has 0 saturated heterocycles. The van der Waals surface area contributed by atoms with Gasteiger partial charge in [-0.15, -0.1) is 0 Å². The molecule has 2 N–H and O–H groups in total. The standard InChI is InChI=1S/C14H12Cl4N2O2/c15-11-6-2-1-5-10(11)12(21)20-13(14(16,17)18)19-8-9-4-3-7-22-9/h1-7,13,19H,8H2,(H,20,21)/t13-/m1/s1. The molecule has 1 aromatic heterocycles. The highest BCUT2D eigenvalue weighted by molar-refractivity contribution is 6.68. The number of hydrogen-bond donors (Lipinski definition) is 2. The van der Waals surface area contributed by atoms with Crippen molar-refractivity contribution in [2.45, 2.75) is 16.5 Å². The molecule has 0 bridgehead atoms. The molecule has 0 aliphatic carbocycles.